The van der Waals surface area contributed by atoms with Crippen molar-refractivity contribution >= 4 is 27.7 Å². The number of nitrogens with one attached hydrogen (secondary N) is 1. The number of nitrogens with two attached hydrogens (primary N) is 1. The predicted octanol–water partition coefficient (Wildman–Crippen LogP) is 1.94. The fraction of sp³-hybridized carbons (Fsp3) is 0.583. The molecule has 3 N–H and O–H groups in total. The van der Waals surface area contributed by atoms with Crippen molar-refractivity contribution in [3.05, 3.63) is 17.0 Å². The molecule has 5 nitrogen and oxygen atoms in total. The van der Waals surface area contributed by atoms with Crippen LogP contribution in [0.4, 0.5) is 5.82 Å². The topological polar surface area (TPSA) is 80.9 Å². The Labute approximate surface area is 115 Å². The molecular formula is C12H17BrN4O. The smallest absolute Gasteiger partial charge is 0.228 e. The van der Waals surface area contributed by atoms with Gasteiger partial charge >= 0.3 is 0 Å². The van der Waals surface area contributed by atoms with Crippen molar-refractivity contribution in [2.75, 3.05) is 11.9 Å². The summed E-state index contributed by atoms with van der Waals surface area (Å²) in [6.45, 7) is 0.729. The molecule has 1 aromatic rings. The number of nitrogens with zero attached hydrogens (tertiary/aromatic N) is 2. The van der Waals surface area contributed by atoms with Crippen LogP contribution < -0.4 is 11.1 Å². The molecule has 98 valence electrons. The van der Waals surface area contributed by atoms with Gasteiger partial charge < -0.3 is 11.1 Å². The molecule has 18 heavy (non-hydrogen) atoms. The van der Waals surface area contributed by atoms with Crippen LogP contribution in [0.2, 0.25) is 0 Å². The molecule has 0 unspecified atom stereocenters. The fourth-order valence-electron chi connectivity index (χ4n) is 2.27. The number of anilines is 1. The van der Waals surface area contributed by atoms with Crippen LogP contribution in [0.15, 0.2) is 17.0 Å². The van der Waals surface area contributed by atoms with Gasteiger partial charge in [0.2, 0.25) is 5.91 Å². The molecule has 1 aromatic heterocycles. The Hall–Kier alpha value is -1.01. The lowest BCUT2D eigenvalue weighted by Gasteiger charge is -2.26. The average molecular weight is 313 g/mol. The molecule has 0 saturated heterocycles. The van der Waals surface area contributed by atoms with Crippen LogP contribution >= 0.6 is 15.9 Å². The number of halogens is 1. The highest BCUT2D eigenvalue weighted by atomic mass is 79.9. The van der Waals surface area contributed by atoms with E-state index in [1.807, 2.05) is 0 Å². The maximum absolute atomic E-state index is 12.0. The van der Waals surface area contributed by atoms with Crippen LogP contribution in [0.3, 0.4) is 0 Å². The van der Waals surface area contributed by atoms with E-state index in [4.69, 9.17) is 5.73 Å². The van der Waals surface area contributed by atoms with Crippen LogP contribution in [-0.2, 0) is 4.79 Å². The zero-order valence-corrected chi connectivity index (χ0v) is 11.7. The average Bonchev–Trinajstić information content (AvgIpc) is 2.41. The van der Waals surface area contributed by atoms with Crippen LogP contribution in [0, 0.1) is 11.8 Å². The molecule has 1 amide bonds. The van der Waals surface area contributed by atoms with Crippen molar-refractivity contribution in [1.29, 1.82) is 0 Å². The molecule has 0 aliphatic heterocycles. The predicted molar refractivity (Wildman–Crippen MR) is 72.9 cm³/mol. The zero-order chi connectivity index (χ0) is 13.0. The van der Waals surface area contributed by atoms with Gasteiger partial charge in [0, 0.05) is 5.92 Å². The van der Waals surface area contributed by atoms with Crippen LogP contribution in [0.1, 0.15) is 25.7 Å². The van der Waals surface area contributed by atoms with E-state index < -0.39 is 0 Å². The highest BCUT2D eigenvalue weighted by Gasteiger charge is 2.25. The van der Waals surface area contributed by atoms with Gasteiger partial charge in [-0.2, -0.15) is 0 Å². The fourth-order valence-corrected chi connectivity index (χ4v) is 2.47. The van der Waals surface area contributed by atoms with Gasteiger partial charge in [-0.25, -0.2) is 9.97 Å². The van der Waals surface area contributed by atoms with Crippen molar-refractivity contribution in [2.45, 2.75) is 25.7 Å². The summed E-state index contributed by atoms with van der Waals surface area (Å²) in [7, 11) is 0. The quantitative estimate of drug-likeness (QED) is 0.893. The Kier molecular flexibility index (Phi) is 4.66. The van der Waals surface area contributed by atoms with Crippen LogP contribution in [0.5, 0.6) is 0 Å². The molecule has 2 rings (SSSR count). The second kappa shape index (κ2) is 6.24. The number of hydrogen-bond acceptors (Lipinski definition) is 4. The van der Waals surface area contributed by atoms with Gasteiger partial charge in [-0.05, 0) is 54.1 Å². The third kappa shape index (κ3) is 3.49. The zero-order valence-electron chi connectivity index (χ0n) is 10.1. The Bertz CT molecular complexity index is 401. The second-order valence-corrected chi connectivity index (χ2v) is 5.48. The Morgan fingerprint density at radius 2 is 2.06 bits per heavy atom. The molecule has 1 fully saturated rings. The minimum Gasteiger partial charge on any atom is -0.330 e. The first kappa shape index (κ1) is 13.4. The van der Waals surface area contributed by atoms with E-state index in [-0.39, 0.29) is 11.8 Å². The van der Waals surface area contributed by atoms with Gasteiger partial charge in [0.15, 0.2) is 5.82 Å². The number of rotatable bonds is 3. The largest absolute Gasteiger partial charge is 0.330 e. The van der Waals surface area contributed by atoms with Gasteiger partial charge in [0.05, 0.1) is 12.4 Å². The molecule has 6 heteroatoms. The number of hydrogen-bond donors (Lipinski definition) is 2. The van der Waals surface area contributed by atoms with Crippen molar-refractivity contribution < 1.29 is 4.79 Å². The van der Waals surface area contributed by atoms with Gasteiger partial charge in [-0.15, -0.1) is 0 Å². The van der Waals surface area contributed by atoms with Crippen molar-refractivity contribution in [3.63, 3.8) is 0 Å². The first-order valence-electron chi connectivity index (χ1n) is 6.17. The third-order valence-electron chi connectivity index (χ3n) is 3.42. The van der Waals surface area contributed by atoms with E-state index in [2.05, 4.69) is 31.2 Å². The molecule has 0 aromatic carbocycles. The van der Waals surface area contributed by atoms with Gasteiger partial charge in [0.1, 0.15) is 4.60 Å². The highest BCUT2D eigenvalue weighted by Crippen LogP contribution is 2.28. The summed E-state index contributed by atoms with van der Waals surface area (Å²) in [5.74, 6) is 1.21. The van der Waals surface area contributed by atoms with Crippen molar-refractivity contribution in [2.24, 2.45) is 17.6 Å². The summed E-state index contributed by atoms with van der Waals surface area (Å²) < 4.78 is 0.656. The maximum Gasteiger partial charge on any atom is 0.228 e. The third-order valence-corrected chi connectivity index (χ3v) is 3.83. The molecule has 1 aliphatic carbocycles. The summed E-state index contributed by atoms with van der Waals surface area (Å²) >= 11 is 3.20. The number of carbonyl (C=O) groups excluding carboxylic acids is 1. The van der Waals surface area contributed by atoms with E-state index in [1.54, 1.807) is 12.4 Å². The molecule has 1 aliphatic rings. The van der Waals surface area contributed by atoms with E-state index in [0.29, 0.717) is 16.3 Å². The Balaban J connectivity index is 1.87. The van der Waals surface area contributed by atoms with Crippen LogP contribution in [0.25, 0.3) is 0 Å². The van der Waals surface area contributed by atoms with E-state index >= 15 is 0 Å². The highest BCUT2D eigenvalue weighted by molar-refractivity contribution is 9.10. The monoisotopic (exact) mass is 312 g/mol. The summed E-state index contributed by atoms with van der Waals surface area (Å²) in [6.07, 6.45) is 7.03. The normalized spacial score (nSPS) is 23.7. The minimum atomic E-state index is 0.0436. The van der Waals surface area contributed by atoms with Crippen molar-refractivity contribution in [3.8, 4) is 0 Å². The van der Waals surface area contributed by atoms with Gasteiger partial charge in [-0.3, -0.25) is 4.79 Å². The lowest BCUT2D eigenvalue weighted by Crippen LogP contribution is -2.29. The first-order valence-corrected chi connectivity index (χ1v) is 6.97. The second-order valence-electron chi connectivity index (χ2n) is 4.67. The molecule has 0 spiro atoms. The molecule has 1 heterocycles. The maximum atomic E-state index is 12.0. The number of amides is 1. The van der Waals surface area contributed by atoms with Crippen molar-refractivity contribution in [1.82, 2.24) is 9.97 Å². The number of aromatic nitrogens is 2. The standard InChI is InChI=1S/C12H17BrN4O/c13-10-6-16-11(7-15-10)17-12(18)9-3-1-8(5-14)2-4-9/h6-9H,1-5,14H2,(H,16,17,18). The lowest BCUT2D eigenvalue weighted by molar-refractivity contribution is -0.121. The molecule has 0 radical (unpaired) electrons. The van der Waals surface area contributed by atoms with Gasteiger partial charge in [-0.1, -0.05) is 0 Å². The SMILES string of the molecule is NCC1CCC(C(=O)Nc2cnc(Br)cn2)CC1. The molecule has 0 atom stereocenters. The van der Waals surface area contributed by atoms with E-state index in [9.17, 15) is 4.79 Å². The Morgan fingerprint density at radius 3 is 2.61 bits per heavy atom. The van der Waals surface area contributed by atoms with Gasteiger partial charge in [0.25, 0.3) is 0 Å². The molecule has 0 bridgehead atoms. The minimum absolute atomic E-state index is 0.0436. The van der Waals surface area contributed by atoms with E-state index in [1.165, 1.54) is 0 Å². The summed E-state index contributed by atoms with van der Waals surface area (Å²) in [5, 5.41) is 2.81. The van der Waals surface area contributed by atoms with Crippen LogP contribution in [-0.4, -0.2) is 22.4 Å². The first-order chi connectivity index (χ1) is 8.69. The van der Waals surface area contributed by atoms with E-state index in [0.717, 1.165) is 32.2 Å². The summed E-state index contributed by atoms with van der Waals surface area (Å²) in [5.41, 5.74) is 5.64. The number of carbonyl (C=O) groups is 1. The Morgan fingerprint density at radius 1 is 1.33 bits per heavy atom. The summed E-state index contributed by atoms with van der Waals surface area (Å²) in [4.78, 5) is 20.1. The molecule has 1 saturated carbocycles. The summed E-state index contributed by atoms with van der Waals surface area (Å²) in [6, 6.07) is 0. The molecular weight excluding hydrogens is 296 g/mol. The lowest BCUT2D eigenvalue weighted by atomic mass is 9.81.